The number of ketones is 3. The molecule has 6 rings (SSSR count). The Morgan fingerprint density at radius 3 is 1.92 bits per heavy atom. The third kappa shape index (κ3) is 7.09. The van der Waals surface area contributed by atoms with Crippen LogP contribution in [-0.2, 0) is 33.3 Å². The van der Waals surface area contributed by atoms with E-state index < -0.39 is 143 Å². The van der Waals surface area contributed by atoms with Crippen molar-refractivity contribution in [2.24, 2.45) is 39.4 Å². The van der Waals surface area contributed by atoms with Gasteiger partial charge in [-0.25, -0.2) is 0 Å². The van der Waals surface area contributed by atoms with Crippen molar-refractivity contribution in [2.75, 3.05) is 13.2 Å². The van der Waals surface area contributed by atoms with Crippen LogP contribution in [0.4, 0.5) is 0 Å². The molecule has 4 aliphatic carbocycles. The molecule has 18 atom stereocenters. The van der Waals surface area contributed by atoms with E-state index in [2.05, 4.69) is 0 Å². The molecular formula is C42H64O17. The molecule has 0 radical (unpaired) electrons. The van der Waals surface area contributed by atoms with E-state index in [-0.39, 0.29) is 37.2 Å². The van der Waals surface area contributed by atoms with Crippen LogP contribution in [0.2, 0.25) is 0 Å². The van der Waals surface area contributed by atoms with Crippen LogP contribution in [0.25, 0.3) is 0 Å². The Kier molecular flexibility index (Phi) is 12.2. The van der Waals surface area contributed by atoms with Gasteiger partial charge in [0.1, 0.15) is 60.2 Å². The zero-order valence-corrected chi connectivity index (χ0v) is 35.0. The van der Waals surface area contributed by atoms with Gasteiger partial charge in [-0.05, 0) is 76.7 Å². The van der Waals surface area contributed by atoms with Crippen LogP contribution in [0.3, 0.4) is 0 Å². The van der Waals surface area contributed by atoms with E-state index >= 15 is 0 Å². The van der Waals surface area contributed by atoms with Crippen LogP contribution in [0.1, 0.15) is 87.5 Å². The first-order chi connectivity index (χ1) is 27.1. The Balaban J connectivity index is 1.25. The Morgan fingerprint density at radius 1 is 0.814 bits per heavy atom. The number of rotatable bonds is 11. The maximum atomic E-state index is 14.9. The fourth-order valence-corrected chi connectivity index (χ4v) is 11.7. The Labute approximate surface area is 343 Å². The molecule has 0 bridgehead atoms. The fraction of sp³-hybridized carbons (Fsp3) is 0.833. The van der Waals surface area contributed by atoms with Gasteiger partial charge in [0, 0.05) is 30.1 Å². The van der Waals surface area contributed by atoms with E-state index in [4.69, 9.17) is 18.9 Å². The highest BCUT2D eigenvalue weighted by atomic mass is 16.7. The zero-order chi connectivity index (χ0) is 44.2. The van der Waals surface area contributed by atoms with Gasteiger partial charge >= 0.3 is 0 Å². The SMILES string of the molecule is CC(C)(CCC(=O)[C@](C)(O)[C@H]1[C@H](O)C[C@@]2(C)[C@@H]3CC=C4[C@@H](C=C(O[C@@H]5O[C@H](CO)[C@@H](O)[C@H](O)[C@H]5O)C(=O)C4(C)C)[C@]3(C)C(=O)C[C@]12C)O[C@@H]1O[C@H](CO)[C@@H](O)[C@H](O)[C@H]1O. The number of hydrogen-bond donors (Lipinski definition) is 10. The molecule has 0 aromatic carbocycles. The molecule has 0 unspecified atom stereocenters. The molecule has 4 fully saturated rings. The summed E-state index contributed by atoms with van der Waals surface area (Å²) in [6.45, 7) is 12.3. The molecule has 17 heteroatoms. The largest absolute Gasteiger partial charge is 0.459 e. The zero-order valence-electron chi connectivity index (χ0n) is 35.0. The molecule has 334 valence electrons. The van der Waals surface area contributed by atoms with Crippen molar-refractivity contribution in [3.8, 4) is 0 Å². The summed E-state index contributed by atoms with van der Waals surface area (Å²) in [6, 6.07) is 0. The summed E-state index contributed by atoms with van der Waals surface area (Å²) < 4.78 is 22.9. The second-order valence-corrected chi connectivity index (χ2v) is 19.8. The highest BCUT2D eigenvalue weighted by Gasteiger charge is 2.74. The minimum atomic E-state index is -2.12. The summed E-state index contributed by atoms with van der Waals surface area (Å²) in [4.78, 5) is 43.0. The number of Topliss-reactive ketones (excluding diaryl/α,β-unsaturated/α-hetero) is 3. The van der Waals surface area contributed by atoms with Crippen LogP contribution < -0.4 is 0 Å². The van der Waals surface area contributed by atoms with Crippen molar-refractivity contribution in [1.29, 1.82) is 0 Å². The van der Waals surface area contributed by atoms with E-state index in [9.17, 15) is 65.4 Å². The predicted molar refractivity (Wildman–Crippen MR) is 203 cm³/mol. The van der Waals surface area contributed by atoms with Crippen LogP contribution in [0, 0.1) is 39.4 Å². The number of carbonyl (C=O) groups excluding carboxylic acids is 3. The molecule has 2 saturated heterocycles. The third-order valence-corrected chi connectivity index (χ3v) is 15.5. The van der Waals surface area contributed by atoms with Gasteiger partial charge in [-0.3, -0.25) is 14.4 Å². The van der Waals surface area contributed by atoms with Crippen molar-refractivity contribution in [3.05, 3.63) is 23.5 Å². The number of hydrogen-bond acceptors (Lipinski definition) is 17. The van der Waals surface area contributed by atoms with Gasteiger partial charge in [-0.15, -0.1) is 0 Å². The van der Waals surface area contributed by atoms with Crippen LogP contribution >= 0.6 is 0 Å². The smallest absolute Gasteiger partial charge is 0.229 e. The number of allylic oxidation sites excluding steroid dienone is 4. The Hall–Kier alpha value is -2.23. The van der Waals surface area contributed by atoms with E-state index in [0.717, 1.165) is 0 Å². The molecule has 0 aromatic heterocycles. The number of ether oxygens (including phenoxy) is 4. The average Bonchev–Trinajstić information content (AvgIpc) is 3.37. The first-order valence-corrected chi connectivity index (χ1v) is 20.6. The van der Waals surface area contributed by atoms with Crippen LogP contribution in [0.5, 0.6) is 0 Å². The summed E-state index contributed by atoms with van der Waals surface area (Å²) in [6.07, 6.45) is -13.2. The lowest BCUT2D eigenvalue weighted by Crippen LogP contribution is -2.64. The molecule has 0 amide bonds. The highest BCUT2D eigenvalue weighted by Crippen LogP contribution is 2.74. The average molecular weight is 841 g/mol. The Bertz CT molecular complexity index is 1720. The number of fused-ring (bicyclic) bond motifs is 5. The first kappa shape index (κ1) is 46.3. The van der Waals surface area contributed by atoms with Crippen molar-refractivity contribution >= 4 is 17.3 Å². The normalized spacial score (nSPS) is 46.9. The van der Waals surface area contributed by atoms with Gasteiger partial charge in [0.15, 0.2) is 17.8 Å². The van der Waals surface area contributed by atoms with Crippen LogP contribution in [0.15, 0.2) is 23.5 Å². The third-order valence-electron chi connectivity index (χ3n) is 15.5. The minimum Gasteiger partial charge on any atom is -0.459 e. The number of aliphatic hydroxyl groups is 10. The lowest BCUT2D eigenvalue weighted by molar-refractivity contribution is -0.323. The molecule has 17 nitrogen and oxygen atoms in total. The molecule has 59 heavy (non-hydrogen) atoms. The summed E-state index contributed by atoms with van der Waals surface area (Å²) in [7, 11) is 0. The summed E-state index contributed by atoms with van der Waals surface area (Å²) in [5.41, 5.74) is -6.91. The molecule has 0 spiro atoms. The quantitative estimate of drug-likeness (QED) is 0.111. The fourth-order valence-electron chi connectivity index (χ4n) is 11.7. The van der Waals surface area contributed by atoms with Gasteiger partial charge in [0.05, 0.1) is 30.3 Å². The Morgan fingerprint density at radius 2 is 1.36 bits per heavy atom. The first-order valence-electron chi connectivity index (χ1n) is 20.6. The molecule has 6 aliphatic rings. The second kappa shape index (κ2) is 15.5. The monoisotopic (exact) mass is 840 g/mol. The summed E-state index contributed by atoms with van der Waals surface area (Å²) in [5, 5.41) is 106. The van der Waals surface area contributed by atoms with Crippen molar-refractivity contribution in [3.63, 3.8) is 0 Å². The molecule has 2 aliphatic heterocycles. The lowest BCUT2D eigenvalue weighted by atomic mass is 9.39. The van der Waals surface area contributed by atoms with E-state index in [0.29, 0.717) is 12.0 Å². The van der Waals surface area contributed by atoms with Gasteiger partial charge in [-0.2, -0.15) is 0 Å². The summed E-state index contributed by atoms with van der Waals surface area (Å²) in [5.74, 6) is -3.74. The van der Waals surface area contributed by atoms with Crippen molar-refractivity contribution in [2.45, 2.75) is 166 Å². The molecule has 2 heterocycles. The van der Waals surface area contributed by atoms with E-state index in [1.54, 1.807) is 27.7 Å². The van der Waals surface area contributed by atoms with Gasteiger partial charge in [-0.1, -0.05) is 32.4 Å². The highest BCUT2D eigenvalue weighted by molar-refractivity contribution is 6.02. The lowest BCUT2D eigenvalue weighted by Gasteiger charge is -2.63. The van der Waals surface area contributed by atoms with Gasteiger partial charge in [0.2, 0.25) is 12.1 Å². The summed E-state index contributed by atoms with van der Waals surface area (Å²) >= 11 is 0. The van der Waals surface area contributed by atoms with Crippen LogP contribution in [-0.4, -0.2) is 160 Å². The van der Waals surface area contributed by atoms with E-state index in [1.807, 2.05) is 26.8 Å². The number of aliphatic hydroxyl groups excluding tert-OH is 9. The maximum absolute atomic E-state index is 14.9. The minimum absolute atomic E-state index is 0.00293. The van der Waals surface area contributed by atoms with E-state index in [1.165, 1.54) is 13.0 Å². The molecule has 10 N–H and O–H groups in total. The van der Waals surface area contributed by atoms with Crippen molar-refractivity contribution < 1.29 is 84.4 Å². The molecular weight excluding hydrogens is 776 g/mol. The second-order valence-electron chi connectivity index (χ2n) is 19.8. The van der Waals surface area contributed by atoms with Gasteiger partial charge in [0.25, 0.3) is 0 Å². The maximum Gasteiger partial charge on any atom is 0.229 e. The topological polar surface area (TPSA) is 290 Å². The number of carbonyl (C=O) groups is 3. The standard InChI is InChI=1S/C42H64O17/c1-37(2,59-36-32(53)30(51)28(49)23(17-44)58-36)12-11-25(46)42(8,55)33-20(45)14-39(5)24-10-9-18-19(41(24,7)26(47)15-40(33,39)6)13-21(34(54)38(18,3)4)56-35-31(52)29(50)27(48)22(16-43)57-35/h9,13,19-20,22-24,27-33,35-36,43-45,48-53,55H,10-12,14-17H2,1-8H3/t19-,20-,22-,23-,24+,27-,28-,29+,30+,31-,32-,33+,35-,36+,39+,40-,41+,42+/m1/s1. The molecule has 0 aromatic rings. The van der Waals surface area contributed by atoms with Gasteiger partial charge < -0.3 is 70.0 Å². The van der Waals surface area contributed by atoms with Crippen molar-refractivity contribution in [1.82, 2.24) is 0 Å². The predicted octanol–water partition coefficient (Wildman–Crippen LogP) is -1.07. The molecule has 2 saturated carbocycles.